The molecule has 0 aliphatic rings. The number of aromatic nitrogens is 1. The van der Waals surface area contributed by atoms with Crippen LogP contribution in [0.25, 0.3) is 0 Å². The molecule has 0 aliphatic carbocycles. The van der Waals surface area contributed by atoms with Crippen LogP contribution in [0.15, 0.2) is 32.3 Å². The van der Waals surface area contributed by atoms with Gasteiger partial charge >= 0.3 is 0 Å². The van der Waals surface area contributed by atoms with Crippen molar-refractivity contribution in [3.63, 3.8) is 0 Å². The molecule has 3 N–H and O–H groups in total. The van der Waals surface area contributed by atoms with Gasteiger partial charge in [0.1, 0.15) is 17.1 Å². The number of nitrogens with zero attached hydrogens (tertiary/aromatic N) is 2. The van der Waals surface area contributed by atoms with Gasteiger partial charge < -0.3 is 24.7 Å². The Balaban J connectivity index is 2.07. The zero-order valence-electron chi connectivity index (χ0n) is 15.4. The van der Waals surface area contributed by atoms with Gasteiger partial charge in [-0.3, -0.25) is 0 Å². The van der Waals surface area contributed by atoms with Crippen LogP contribution in [0.2, 0.25) is 0 Å². The fraction of sp³-hybridized carbons (Fsp3) is 0.556. The zero-order valence-corrected chi connectivity index (χ0v) is 15.4. The third-order valence-electron chi connectivity index (χ3n) is 4.00. The van der Waals surface area contributed by atoms with E-state index in [1.807, 2.05) is 13.8 Å². The molecule has 25 heavy (non-hydrogen) atoms. The second kappa shape index (κ2) is 8.71. The summed E-state index contributed by atoms with van der Waals surface area (Å²) >= 11 is 0. The molecule has 2 rings (SSSR count). The third-order valence-corrected chi connectivity index (χ3v) is 4.00. The number of guanidine groups is 1. The van der Waals surface area contributed by atoms with Crippen LogP contribution in [0.1, 0.15) is 50.5 Å². The summed E-state index contributed by atoms with van der Waals surface area (Å²) in [6.07, 6.45) is 3.15. The molecule has 0 aromatic carbocycles. The van der Waals surface area contributed by atoms with Gasteiger partial charge in [-0.25, -0.2) is 4.99 Å². The van der Waals surface area contributed by atoms with Crippen LogP contribution >= 0.6 is 0 Å². The van der Waals surface area contributed by atoms with Crippen molar-refractivity contribution in [1.82, 2.24) is 15.8 Å². The maximum Gasteiger partial charge on any atom is 0.191 e. The van der Waals surface area contributed by atoms with Gasteiger partial charge in [0.25, 0.3) is 0 Å². The first kappa shape index (κ1) is 19.1. The Hall–Kier alpha value is -2.28. The van der Waals surface area contributed by atoms with Crippen LogP contribution in [0.5, 0.6) is 0 Å². The smallest absolute Gasteiger partial charge is 0.191 e. The Kier molecular flexibility index (Phi) is 6.64. The van der Waals surface area contributed by atoms with Gasteiger partial charge in [-0.1, -0.05) is 19.0 Å². The summed E-state index contributed by atoms with van der Waals surface area (Å²) in [6.45, 7) is 9.26. The molecule has 0 amide bonds. The fourth-order valence-electron chi connectivity index (χ4n) is 2.54. The first-order chi connectivity index (χ1) is 12.0. The lowest BCUT2D eigenvalue weighted by atomic mass is 10.0. The van der Waals surface area contributed by atoms with Gasteiger partial charge in [0, 0.05) is 18.5 Å². The van der Waals surface area contributed by atoms with Crippen molar-refractivity contribution in [3.8, 4) is 0 Å². The number of hydrogen-bond donors (Lipinski definition) is 3. The normalized spacial score (nSPS) is 14.4. The topological polar surface area (TPSA) is 95.8 Å². The van der Waals surface area contributed by atoms with E-state index >= 15 is 0 Å². The van der Waals surface area contributed by atoms with E-state index in [0.717, 1.165) is 36.4 Å². The predicted molar refractivity (Wildman–Crippen MR) is 96.4 cm³/mol. The number of aliphatic imine (C=N–C) groups is 1. The second-order valence-electron chi connectivity index (χ2n) is 6.04. The van der Waals surface area contributed by atoms with E-state index in [1.54, 1.807) is 25.3 Å². The molecule has 138 valence electrons. The Morgan fingerprint density at radius 1 is 1.28 bits per heavy atom. The summed E-state index contributed by atoms with van der Waals surface area (Å²) in [6, 6.07) is 3.51. The summed E-state index contributed by atoms with van der Waals surface area (Å²) in [5.41, 5.74) is 0.860. The first-order valence-electron chi connectivity index (χ1n) is 8.76. The lowest BCUT2D eigenvalue weighted by molar-refractivity contribution is 0.0386. The molecule has 0 spiro atoms. The molecule has 0 saturated heterocycles. The molecule has 2 aromatic rings. The molecule has 1 atom stereocenters. The van der Waals surface area contributed by atoms with Gasteiger partial charge in [0.15, 0.2) is 5.96 Å². The Labute approximate surface area is 148 Å². The zero-order chi connectivity index (χ0) is 18.3. The molecule has 1 unspecified atom stereocenters. The SMILES string of the molecule is CCNC(=NCc1c(CC)noc1CC)NCC(C)(O)c1ccco1. The minimum Gasteiger partial charge on any atom is -0.466 e. The van der Waals surface area contributed by atoms with Gasteiger partial charge in [-0.05, 0) is 32.4 Å². The molecular formula is C18H28N4O3. The van der Waals surface area contributed by atoms with E-state index in [9.17, 15) is 5.11 Å². The van der Waals surface area contributed by atoms with Crippen molar-refractivity contribution in [2.45, 2.75) is 52.7 Å². The number of nitrogens with one attached hydrogen (secondary N) is 2. The largest absolute Gasteiger partial charge is 0.466 e. The van der Waals surface area contributed by atoms with E-state index in [0.29, 0.717) is 18.3 Å². The number of aryl methyl sites for hydroxylation is 2. The Morgan fingerprint density at radius 3 is 2.68 bits per heavy atom. The number of furan rings is 1. The number of aliphatic hydroxyl groups is 1. The first-order valence-corrected chi connectivity index (χ1v) is 8.76. The minimum absolute atomic E-state index is 0.275. The lowest BCUT2D eigenvalue weighted by Crippen LogP contribution is -2.44. The average Bonchev–Trinajstić information content (AvgIpc) is 3.26. The average molecular weight is 348 g/mol. The van der Waals surface area contributed by atoms with Crippen LogP contribution in [0.4, 0.5) is 0 Å². The fourth-order valence-corrected chi connectivity index (χ4v) is 2.54. The summed E-state index contributed by atoms with van der Waals surface area (Å²) in [7, 11) is 0. The van der Waals surface area contributed by atoms with Crippen LogP contribution in [-0.2, 0) is 25.0 Å². The Bertz CT molecular complexity index is 653. The molecule has 7 nitrogen and oxygen atoms in total. The molecule has 2 aromatic heterocycles. The van der Waals surface area contributed by atoms with E-state index < -0.39 is 5.60 Å². The van der Waals surface area contributed by atoms with Gasteiger partial charge in [-0.2, -0.15) is 0 Å². The summed E-state index contributed by atoms with van der Waals surface area (Å²) < 4.78 is 10.7. The Morgan fingerprint density at radius 2 is 2.08 bits per heavy atom. The maximum atomic E-state index is 10.5. The minimum atomic E-state index is -1.12. The molecule has 0 fully saturated rings. The van der Waals surface area contributed by atoms with Crippen molar-refractivity contribution >= 4 is 5.96 Å². The van der Waals surface area contributed by atoms with E-state index in [2.05, 4.69) is 27.7 Å². The van der Waals surface area contributed by atoms with Crippen LogP contribution in [-0.4, -0.2) is 29.3 Å². The summed E-state index contributed by atoms with van der Waals surface area (Å²) in [4.78, 5) is 4.61. The highest BCUT2D eigenvalue weighted by Gasteiger charge is 2.26. The highest BCUT2D eigenvalue weighted by atomic mass is 16.5. The summed E-state index contributed by atoms with van der Waals surface area (Å²) in [5, 5.41) is 21.0. The third kappa shape index (κ3) is 4.85. The van der Waals surface area contributed by atoms with Crippen LogP contribution in [0, 0.1) is 0 Å². The monoisotopic (exact) mass is 348 g/mol. The molecular weight excluding hydrogens is 320 g/mol. The van der Waals surface area contributed by atoms with Crippen LogP contribution < -0.4 is 10.6 Å². The van der Waals surface area contributed by atoms with Crippen molar-refractivity contribution in [3.05, 3.63) is 41.2 Å². The molecule has 0 bridgehead atoms. The van der Waals surface area contributed by atoms with Crippen molar-refractivity contribution in [2.75, 3.05) is 13.1 Å². The van der Waals surface area contributed by atoms with Crippen molar-refractivity contribution in [1.29, 1.82) is 0 Å². The number of rotatable bonds is 8. The van der Waals surface area contributed by atoms with Crippen LogP contribution in [0.3, 0.4) is 0 Å². The highest BCUT2D eigenvalue weighted by molar-refractivity contribution is 5.79. The van der Waals surface area contributed by atoms with Crippen molar-refractivity contribution < 1.29 is 14.0 Å². The quantitative estimate of drug-likeness (QED) is 0.501. The summed E-state index contributed by atoms with van der Waals surface area (Å²) in [5.74, 6) is 2.01. The second-order valence-corrected chi connectivity index (χ2v) is 6.04. The number of hydrogen-bond acceptors (Lipinski definition) is 5. The highest BCUT2D eigenvalue weighted by Crippen LogP contribution is 2.20. The predicted octanol–water partition coefficient (Wildman–Crippen LogP) is 2.36. The maximum absolute atomic E-state index is 10.5. The van der Waals surface area contributed by atoms with Gasteiger partial charge in [0.2, 0.25) is 0 Å². The van der Waals surface area contributed by atoms with E-state index in [4.69, 9.17) is 8.94 Å². The lowest BCUT2D eigenvalue weighted by Gasteiger charge is -2.22. The molecule has 0 aliphatic heterocycles. The van der Waals surface area contributed by atoms with Gasteiger partial charge in [-0.15, -0.1) is 0 Å². The van der Waals surface area contributed by atoms with Gasteiger partial charge in [0.05, 0.1) is 25.0 Å². The van der Waals surface area contributed by atoms with Crippen molar-refractivity contribution in [2.24, 2.45) is 4.99 Å². The van der Waals surface area contributed by atoms with E-state index in [1.165, 1.54) is 0 Å². The molecule has 0 radical (unpaired) electrons. The molecule has 0 saturated carbocycles. The molecule has 2 heterocycles. The standard InChI is InChI=1S/C18H28N4O3/c1-5-14-13(15(6-2)25-22-14)11-20-17(19-7-3)21-12-18(4,23)16-9-8-10-24-16/h8-10,23H,5-7,11-12H2,1-4H3,(H2,19,20,21). The molecule has 7 heteroatoms. The van der Waals surface area contributed by atoms with E-state index in [-0.39, 0.29) is 6.54 Å².